The van der Waals surface area contributed by atoms with E-state index < -0.39 is 6.10 Å². The highest BCUT2D eigenvalue weighted by atomic mass is 16.5. The quantitative estimate of drug-likeness (QED) is 0.432. The summed E-state index contributed by atoms with van der Waals surface area (Å²) >= 11 is 0. The maximum absolute atomic E-state index is 10.6. The van der Waals surface area contributed by atoms with Gasteiger partial charge in [0, 0.05) is 32.0 Å². The number of hydrogen-bond acceptors (Lipinski definition) is 5. The molecule has 2 fully saturated rings. The summed E-state index contributed by atoms with van der Waals surface area (Å²) in [6.07, 6.45) is 8.99. The normalized spacial score (nSPS) is 29.4. The van der Waals surface area contributed by atoms with Crippen LogP contribution in [-0.4, -0.2) is 73.4 Å². The first-order valence-corrected chi connectivity index (χ1v) is 12.3. The highest BCUT2D eigenvalue weighted by Crippen LogP contribution is 2.47. The number of ether oxygens (including phenoxy) is 2. The summed E-state index contributed by atoms with van der Waals surface area (Å²) in [5, 5.41) is 21.1. The lowest BCUT2D eigenvalue weighted by Gasteiger charge is -2.26. The molecule has 176 valence electrons. The van der Waals surface area contributed by atoms with Gasteiger partial charge in [-0.05, 0) is 43.6 Å². The molecule has 1 saturated heterocycles. The zero-order chi connectivity index (χ0) is 22.3. The molecule has 4 rings (SSSR count). The molecular weight excluding hydrogens is 402 g/mol. The van der Waals surface area contributed by atoms with Gasteiger partial charge in [-0.1, -0.05) is 53.6 Å². The number of rotatable bonds is 10. The van der Waals surface area contributed by atoms with Crippen LogP contribution in [0.3, 0.4) is 0 Å². The van der Waals surface area contributed by atoms with Gasteiger partial charge >= 0.3 is 0 Å². The van der Waals surface area contributed by atoms with E-state index in [1.807, 2.05) is 12.1 Å². The Morgan fingerprint density at radius 1 is 1.25 bits per heavy atom. The molecule has 1 heterocycles. The van der Waals surface area contributed by atoms with Gasteiger partial charge in [0.1, 0.15) is 0 Å². The number of benzene rings is 1. The Morgan fingerprint density at radius 3 is 2.91 bits per heavy atom. The standard InChI is InChI=1S/C27H39NO4/c1-20-3-2-4-21(15-20)17-24(29)5-6-25-26-18-22(16-23(26)19-27(25)30)7-11-31-12-8-28-9-13-32-14-10-28/h2-6,15-16,23-27,29-30H,7-14,17-19H2,1H3/t23-,24+,25+,26-,27+/m0/s1. The van der Waals surface area contributed by atoms with Crippen molar-refractivity contribution in [3.05, 3.63) is 59.2 Å². The summed E-state index contributed by atoms with van der Waals surface area (Å²) in [5.74, 6) is 1.04. The van der Waals surface area contributed by atoms with Crippen molar-refractivity contribution in [1.29, 1.82) is 0 Å². The Bertz CT molecular complexity index is 786. The van der Waals surface area contributed by atoms with Crippen LogP contribution in [-0.2, 0) is 15.9 Å². The van der Waals surface area contributed by atoms with Crippen LogP contribution in [0.15, 0.2) is 48.1 Å². The Hall–Kier alpha value is -1.50. The van der Waals surface area contributed by atoms with Gasteiger partial charge < -0.3 is 19.7 Å². The van der Waals surface area contributed by atoms with Crippen molar-refractivity contribution in [1.82, 2.24) is 4.90 Å². The van der Waals surface area contributed by atoms with Crippen LogP contribution in [0.4, 0.5) is 0 Å². The number of nitrogens with zero attached hydrogens (tertiary/aromatic N) is 1. The number of aliphatic hydroxyl groups excluding tert-OH is 2. The molecule has 2 aliphatic carbocycles. The SMILES string of the molecule is Cc1cccc(C[C@H](O)C=C[C@@H]2[C@H]3CC(CCOCCN4CCOCC4)=C[C@H]3C[C@H]2O)c1. The molecule has 5 heteroatoms. The zero-order valence-electron chi connectivity index (χ0n) is 19.4. The Balaban J connectivity index is 1.19. The monoisotopic (exact) mass is 441 g/mol. The van der Waals surface area contributed by atoms with Gasteiger partial charge in [0.15, 0.2) is 0 Å². The maximum Gasteiger partial charge on any atom is 0.0761 e. The van der Waals surface area contributed by atoms with Gasteiger partial charge in [0.05, 0.1) is 38.6 Å². The molecule has 32 heavy (non-hydrogen) atoms. The van der Waals surface area contributed by atoms with Crippen LogP contribution in [0, 0.1) is 24.7 Å². The van der Waals surface area contributed by atoms with Crippen LogP contribution in [0.5, 0.6) is 0 Å². The van der Waals surface area contributed by atoms with Crippen molar-refractivity contribution >= 4 is 0 Å². The van der Waals surface area contributed by atoms with E-state index in [1.54, 1.807) is 0 Å². The summed E-state index contributed by atoms with van der Waals surface area (Å²) in [5.41, 5.74) is 3.82. The summed E-state index contributed by atoms with van der Waals surface area (Å²) in [6, 6.07) is 8.28. The molecule has 5 nitrogen and oxygen atoms in total. The van der Waals surface area contributed by atoms with Crippen LogP contribution in [0.1, 0.15) is 30.4 Å². The molecule has 1 aliphatic heterocycles. The largest absolute Gasteiger partial charge is 0.392 e. The van der Waals surface area contributed by atoms with Gasteiger partial charge in [0.2, 0.25) is 0 Å². The van der Waals surface area contributed by atoms with Gasteiger partial charge in [0.25, 0.3) is 0 Å². The predicted octanol–water partition coefficient (Wildman–Crippen LogP) is 3.14. The second-order valence-corrected chi connectivity index (χ2v) is 9.70. The van der Waals surface area contributed by atoms with Gasteiger partial charge in [-0.15, -0.1) is 0 Å². The van der Waals surface area contributed by atoms with Crippen molar-refractivity contribution in [3.8, 4) is 0 Å². The third-order valence-corrected chi connectivity index (χ3v) is 7.26. The lowest BCUT2D eigenvalue weighted by Crippen LogP contribution is -2.38. The number of aryl methyl sites for hydroxylation is 1. The molecule has 0 amide bonds. The molecule has 3 aliphatic rings. The third-order valence-electron chi connectivity index (χ3n) is 7.26. The second kappa shape index (κ2) is 11.6. The molecule has 0 aromatic heterocycles. The van der Waals surface area contributed by atoms with Gasteiger partial charge in [-0.2, -0.15) is 0 Å². The minimum absolute atomic E-state index is 0.128. The fourth-order valence-electron chi connectivity index (χ4n) is 5.52. The Kier molecular flexibility index (Phi) is 8.55. The van der Waals surface area contributed by atoms with E-state index in [-0.39, 0.29) is 12.0 Å². The van der Waals surface area contributed by atoms with Crippen LogP contribution in [0.25, 0.3) is 0 Å². The average Bonchev–Trinajstić information content (AvgIpc) is 3.29. The topological polar surface area (TPSA) is 62.2 Å². The Labute approximate surface area is 192 Å². The molecule has 2 N–H and O–H groups in total. The number of hydrogen-bond donors (Lipinski definition) is 2. The van der Waals surface area contributed by atoms with Crippen molar-refractivity contribution < 1.29 is 19.7 Å². The van der Waals surface area contributed by atoms with E-state index in [9.17, 15) is 10.2 Å². The van der Waals surface area contributed by atoms with E-state index in [0.29, 0.717) is 18.3 Å². The van der Waals surface area contributed by atoms with Gasteiger partial charge in [-0.25, -0.2) is 0 Å². The molecule has 0 spiro atoms. The molecule has 0 radical (unpaired) electrons. The zero-order valence-corrected chi connectivity index (χ0v) is 19.4. The van der Waals surface area contributed by atoms with Crippen LogP contribution < -0.4 is 0 Å². The maximum atomic E-state index is 10.6. The third kappa shape index (κ3) is 6.52. The first-order valence-electron chi connectivity index (χ1n) is 12.3. The van der Waals surface area contributed by atoms with Crippen molar-refractivity contribution in [2.24, 2.45) is 17.8 Å². The number of fused-ring (bicyclic) bond motifs is 1. The lowest BCUT2D eigenvalue weighted by atomic mass is 9.88. The summed E-state index contributed by atoms with van der Waals surface area (Å²) < 4.78 is 11.3. The number of aliphatic hydroxyl groups is 2. The molecule has 0 unspecified atom stereocenters. The molecule has 1 aromatic rings. The van der Waals surface area contributed by atoms with E-state index in [1.165, 1.54) is 11.1 Å². The summed E-state index contributed by atoms with van der Waals surface area (Å²) in [4.78, 5) is 2.40. The van der Waals surface area contributed by atoms with Gasteiger partial charge in [-0.3, -0.25) is 4.90 Å². The Morgan fingerprint density at radius 2 is 2.09 bits per heavy atom. The van der Waals surface area contributed by atoms with Crippen molar-refractivity contribution in [2.75, 3.05) is 46.1 Å². The van der Waals surface area contributed by atoms with Crippen LogP contribution in [0.2, 0.25) is 0 Å². The summed E-state index contributed by atoms with van der Waals surface area (Å²) in [7, 11) is 0. The predicted molar refractivity (Wildman–Crippen MR) is 127 cm³/mol. The first kappa shape index (κ1) is 23.7. The molecule has 0 bridgehead atoms. The highest BCUT2D eigenvalue weighted by molar-refractivity contribution is 5.24. The van der Waals surface area contributed by atoms with Crippen molar-refractivity contribution in [2.45, 2.75) is 44.8 Å². The smallest absolute Gasteiger partial charge is 0.0761 e. The van der Waals surface area contributed by atoms with Crippen molar-refractivity contribution in [3.63, 3.8) is 0 Å². The molecule has 1 aromatic carbocycles. The minimum Gasteiger partial charge on any atom is -0.392 e. The minimum atomic E-state index is -0.517. The number of allylic oxidation sites excluding steroid dienone is 1. The molecule has 5 atom stereocenters. The fraction of sp³-hybridized carbons (Fsp3) is 0.630. The summed E-state index contributed by atoms with van der Waals surface area (Å²) in [6.45, 7) is 8.29. The van der Waals surface area contributed by atoms with E-state index >= 15 is 0 Å². The van der Waals surface area contributed by atoms with E-state index in [2.05, 4.69) is 42.2 Å². The first-order chi connectivity index (χ1) is 15.6. The molecular formula is C27H39NO4. The second-order valence-electron chi connectivity index (χ2n) is 9.70. The van der Waals surface area contributed by atoms with E-state index in [0.717, 1.165) is 70.9 Å². The number of morpholine rings is 1. The molecule has 1 saturated carbocycles. The average molecular weight is 442 g/mol. The van der Waals surface area contributed by atoms with Crippen LogP contribution >= 0.6 is 0 Å². The fourth-order valence-corrected chi connectivity index (χ4v) is 5.52. The highest BCUT2D eigenvalue weighted by Gasteiger charge is 2.43. The van der Waals surface area contributed by atoms with E-state index in [4.69, 9.17) is 9.47 Å². The lowest BCUT2D eigenvalue weighted by molar-refractivity contribution is 0.0207.